The van der Waals surface area contributed by atoms with Crippen LogP contribution >= 0.6 is 27.5 Å². The lowest BCUT2D eigenvalue weighted by atomic mass is 10.2. The fourth-order valence-corrected chi connectivity index (χ4v) is 2.18. The van der Waals surface area contributed by atoms with Crippen molar-refractivity contribution < 1.29 is 4.79 Å². The topological polar surface area (TPSA) is 46.9 Å². The highest BCUT2D eigenvalue weighted by Gasteiger charge is 2.13. The summed E-state index contributed by atoms with van der Waals surface area (Å²) >= 11 is 9.21. The van der Waals surface area contributed by atoms with Crippen molar-refractivity contribution in [2.75, 3.05) is 5.32 Å². The van der Waals surface area contributed by atoms with Gasteiger partial charge in [0, 0.05) is 22.6 Å². The van der Waals surface area contributed by atoms with Crippen LogP contribution in [0, 0.1) is 6.92 Å². The number of halogens is 2. The molecule has 0 fully saturated rings. The Morgan fingerprint density at radius 2 is 2.17 bits per heavy atom. The molecule has 0 atom stereocenters. The standard InChI is InChI=1S/C12H11BrClN3O/c1-7-5-11(17(2)16-7)15-12(18)9-6-8(14)3-4-10(9)13/h3-6H,1-2H3,(H,15,18). The zero-order valence-electron chi connectivity index (χ0n) is 9.87. The van der Waals surface area contributed by atoms with Crippen molar-refractivity contribution in [3.05, 3.63) is 45.0 Å². The minimum Gasteiger partial charge on any atom is -0.307 e. The number of nitrogens with one attached hydrogen (secondary N) is 1. The molecule has 0 unspecified atom stereocenters. The molecule has 0 bridgehead atoms. The Morgan fingerprint density at radius 1 is 1.44 bits per heavy atom. The van der Waals surface area contributed by atoms with Gasteiger partial charge in [0.2, 0.25) is 0 Å². The molecule has 6 heteroatoms. The van der Waals surface area contributed by atoms with E-state index in [4.69, 9.17) is 11.6 Å². The number of hydrogen-bond donors (Lipinski definition) is 1. The summed E-state index contributed by atoms with van der Waals surface area (Å²) in [6.45, 7) is 1.87. The third-order valence-corrected chi connectivity index (χ3v) is 3.34. The Bertz CT molecular complexity index is 609. The van der Waals surface area contributed by atoms with Crippen LogP contribution in [0.2, 0.25) is 5.02 Å². The number of aryl methyl sites for hydroxylation is 2. The van der Waals surface area contributed by atoms with E-state index in [0.717, 1.165) is 5.69 Å². The van der Waals surface area contributed by atoms with Crippen molar-refractivity contribution in [3.63, 3.8) is 0 Å². The maximum absolute atomic E-state index is 12.1. The predicted molar refractivity (Wildman–Crippen MR) is 75.1 cm³/mol. The summed E-state index contributed by atoms with van der Waals surface area (Å²) in [5.41, 5.74) is 1.33. The van der Waals surface area contributed by atoms with E-state index < -0.39 is 0 Å². The Balaban J connectivity index is 2.27. The minimum absolute atomic E-state index is 0.229. The SMILES string of the molecule is Cc1cc(NC(=O)c2cc(Cl)ccc2Br)n(C)n1. The third kappa shape index (κ3) is 2.73. The van der Waals surface area contributed by atoms with Crippen LogP contribution in [0.1, 0.15) is 16.1 Å². The number of rotatable bonds is 2. The number of amides is 1. The number of benzene rings is 1. The van der Waals surface area contributed by atoms with Crippen molar-refractivity contribution in [2.45, 2.75) is 6.92 Å². The fraction of sp³-hybridized carbons (Fsp3) is 0.167. The van der Waals surface area contributed by atoms with Gasteiger partial charge in [0.15, 0.2) is 0 Å². The monoisotopic (exact) mass is 327 g/mol. The smallest absolute Gasteiger partial charge is 0.258 e. The average Bonchev–Trinajstić information content (AvgIpc) is 2.61. The fourth-order valence-electron chi connectivity index (χ4n) is 1.58. The van der Waals surface area contributed by atoms with Crippen molar-refractivity contribution in [3.8, 4) is 0 Å². The molecule has 0 aliphatic carbocycles. The number of anilines is 1. The van der Waals surface area contributed by atoms with E-state index >= 15 is 0 Å². The van der Waals surface area contributed by atoms with Gasteiger partial charge in [-0.05, 0) is 41.1 Å². The summed E-state index contributed by atoms with van der Waals surface area (Å²) in [4.78, 5) is 12.1. The normalized spacial score (nSPS) is 10.4. The van der Waals surface area contributed by atoms with Gasteiger partial charge in [0.1, 0.15) is 5.82 Å². The van der Waals surface area contributed by atoms with E-state index in [9.17, 15) is 4.79 Å². The first-order chi connectivity index (χ1) is 8.47. The van der Waals surface area contributed by atoms with Gasteiger partial charge in [-0.3, -0.25) is 9.48 Å². The van der Waals surface area contributed by atoms with Gasteiger partial charge in [-0.2, -0.15) is 5.10 Å². The molecule has 1 N–H and O–H groups in total. The van der Waals surface area contributed by atoms with Gasteiger partial charge >= 0.3 is 0 Å². The molecule has 1 amide bonds. The Morgan fingerprint density at radius 3 is 2.78 bits per heavy atom. The van der Waals surface area contributed by atoms with Gasteiger partial charge < -0.3 is 5.32 Å². The van der Waals surface area contributed by atoms with Gasteiger partial charge in [-0.15, -0.1) is 0 Å². The van der Waals surface area contributed by atoms with Crippen molar-refractivity contribution in [2.24, 2.45) is 7.05 Å². The molecule has 2 aromatic rings. The van der Waals surface area contributed by atoms with Crippen LogP contribution in [-0.4, -0.2) is 15.7 Å². The number of carbonyl (C=O) groups is 1. The van der Waals surface area contributed by atoms with Crippen molar-refractivity contribution in [1.29, 1.82) is 0 Å². The molecule has 1 aromatic heterocycles. The van der Waals surface area contributed by atoms with E-state index in [0.29, 0.717) is 20.9 Å². The molecule has 1 aromatic carbocycles. The summed E-state index contributed by atoms with van der Waals surface area (Å²) in [6.07, 6.45) is 0. The van der Waals surface area contributed by atoms with Crippen LogP contribution < -0.4 is 5.32 Å². The molecule has 0 aliphatic rings. The lowest BCUT2D eigenvalue weighted by Crippen LogP contribution is -2.15. The molecular weight excluding hydrogens is 318 g/mol. The molecule has 2 rings (SSSR count). The molecule has 0 spiro atoms. The minimum atomic E-state index is -0.229. The number of hydrogen-bond acceptors (Lipinski definition) is 2. The number of nitrogens with zero attached hydrogens (tertiary/aromatic N) is 2. The maximum atomic E-state index is 12.1. The Kier molecular flexibility index (Phi) is 3.73. The lowest BCUT2D eigenvalue weighted by Gasteiger charge is -2.07. The molecule has 0 saturated heterocycles. The molecular formula is C12H11BrClN3O. The molecule has 0 radical (unpaired) electrons. The van der Waals surface area contributed by atoms with Gasteiger partial charge in [-0.1, -0.05) is 11.6 Å². The maximum Gasteiger partial charge on any atom is 0.258 e. The highest BCUT2D eigenvalue weighted by atomic mass is 79.9. The number of carbonyl (C=O) groups excluding carboxylic acids is 1. The summed E-state index contributed by atoms with van der Waals surface area (Å²) in [6, 6.07) is 6.88. The second kappa shape index (κ2) is 5.12. The quantitative estimate of drug-likeness (QED) is 0.918. The highest BCUT2D eigenvalue weighted by molar-refractivity contribution is 9.10. The average molecular weight is 329 g/mol. The molecule has 1 heterocycles. The molecule has 0 saturated carbocycles. The molecule has 18 heavy (non-hydrogen) atoms. The van der Waals surface area contributed by atoms with Crippen LogP contribution in [0.3, 0.4) is 0 Å². The highest BCUT2D eigenvalue weighted by Crippen LogP contribution is 2.22. The summed E-state index contributed by atoms with van der Waals surface area (Å²) < 4.78 is 2.31. The molecule has 94 valence electrons. The zero-order chi connectivity index (χ0) is 13.3. The first-order valence-corrected chi connectivity index (χ1v) is 6.41. The summed E-state index contributed by atoms with van der Waals surface area (Å²) in [7, 11) is 1.77. The predicted octanol–water partition coefficient (Wildman–Crippen LogP) is 3.40. The Hall–Kier alpha value is -1.33. The van der Waals surface area contributed by atoms with E-state index in [1.54, 1.807) is 36.0 Å². The lowest BCUT2D eigenvalue weighted by molar-refractivity contribution is 0.102. The molecule has 4 nitrogen and oxygen atoms in total. The summed E-state index contributed by atoms with van der Waals surface area (Å²) in [5.74, 6) is 0.414. The van der Waals surface area contributed by atoms with E-state index in [2.05, 4.69) is 26.3 Å². The number of aromatic nitrogens is 2. The van der Waals surface area contributed by atoms with Crippen LogP contribution in [-0.2, 0) is 7.05 Å². The van der Waals surface area contributed by atoms with E-state index in [1.165, 1.54) is 0 Å². The van der Waals surface area contributed by atoms with Crippen LogP contribution in [0.5, 0.6) is 0 Å². The molecule has 0 aliphatic heterocycles. The van der Waals surface area contributed by atoms with Crippen LogP contribution in [0.15, 0.2) is 28.7 Å². The zero-order valence-corrected chi connectivity index (χ0v) is 12.2. The summed E-state index contributed by atoms with van der Waals surface area (Å²) in [5, 5.41) is 7.47. The van der Waals surface area contributed by atoms with Crippen LogP contribution in [0.25, 0.3) is 0 Å². The Labute approximate surface area is 118 Å². The van der Waals surface area contributed by atoms with Gasteiger partial charge in [0.05, 0.1) is 11.3 Å². The van der Waals surface area contributed by atoms with Gasteiger partial charge in [0.25, 0.3) is 5.91 Å². The second-order valence-corrected chi connectivity index (χ2v) is 5.16. The second-order valence-electron chi connectivity index (χ2n) is 3.87. The van der Waals surface area contributed by atoms with E-state index in [1.807, 2.05) is 6.92 Å². The first-order valence-electron chi connectivity index (χ1n) is 5.24. The third-order valence-electron chi connectivity index (χ3n) is 2.42. The van der Waals surface area contributed by atoms with Crippen molar-refractivity contribution >= 4 is 39.3 Å². The first kappa shape index (κ1) is 13.1. The van der Waals surface area contributed by atoms with Crippen molar-refractivity contribution in [1.82, 2.24) is 9.78 Å². The van der Waals surface area contributed by atoms with E-state index in [-0.39, 0.29) is 5.91 Å². The largest absolute Gasteiger partial charge is 0.307 e. The van der Waals surface area contributed by atoms with Crippen LogP contribution in [0.4, 0.5) is 5.82 Å². The van der Waals surface area contributed by atoms with Gasteiger partial charge in [-0.25, -0.2) is 0 Å².